The van der Waals surface area contributed by atoms with E-state index in [0.29, 0.717) is 22.3 Å². The maximum Gasteiger partial charge on any atom is 0.226 e. The fourth-order valence-corrected chi connectivity index (χ4v) is 3.87. The predicted molar refractivity (Wildman–Crippen MR) is 119 cm³/mol. The van der Waals surface area contributed by atoms with Crippen LogP contribution in [0.3, 0.4) is 0 Å². The number of thiazole rings is 1. The number of halogens is 2. The van der Waals surface area contributed by atoms with Crippen molar-refractivity contribution >= 4 is 22.4 Å². The summed E-state index contributed by atoms with van der Waals surface area (Å²) >= 11 is 1.28. The van der Waals surface area contributed by atoms with Crippen LogP contribution in [0.15, 0.2) is 52.4 Å². The van der Waals surface area contributed by atoms with Crippen molar-refractivity contribution in [2.24, 2.45) is 0 Å². The van der Waals surface area contributed by atoms with Gasteiger partial charge in [-0.3, -0.25) is 4.79 Å². The number of carbonyl (C=O) groups excluding carboxylic acids is 1. The van der Waals surface area contributed by atoms with Gasteiger partial charge in [0.05, 0.1) is 31.7 Å². The summed E-state index contributed by atoms with van der Waals surface area (Å²) in [6.45, 7) is 0. The fourth-order valence-electron chi connectivity index (χ4n) is 3.14. The van der Waals surface area contributed by atoms with Crippen molar-refractivity contribution in [1.29, 1.82) is 0 Å². The molecular formula is C23H19F2N3O4S. The number of aromatic nitrogens is 2. The number of ether oxygens (including phenoxy) is 2. The fraction of sp³-hybridized carbons (Fsp3) is 0.174. The highest BCUT2D eigenvalue weighted by atomic mass is 32.1. The zero-order chi connectivity index (χ0) is 23.4. The van der Waals surface area contributed by atoms with Crippen LogP contribution < -0.4 is 14.8 Å². The summed E-state index contributed by atoms with van der Waals surface area (Å²) in [6.07, 6.45) is 1.46. The first-order valence-corrected chi connectivity index (χ1v) is 10.7. The Morgan fingerprint density at radius 2 is 1.88 bits per heavy atom. The van der Waals surface area contributed by atoms with Crippen molar-refractivity contribution in [2.75, 3.05) is 19.5 Å². The lowest BCUT2D eigenvalue weighted by atomic mass is 10.1. The normalized spacial score (nSPS) is 10.8. The number of nitrogens with zero attached hydrogens (tertiary/aromatic N) is 2. The van der Waals surface area contributed by atoms with Crippen molar-refractivity contribution < 1.29 is 27.5 Å². The molecule has 33 heavy (non-hydrogen) atoms. The number of aryl methyl sites for hydroxylation is 1. The Labute approximate surface area is 192 Å². The Morgan fingerprint density at radius 1 is 1.12 bits per heavy atom. The first-order valence-electron chi connectivity index (χ1n) is 9.85. The number of hydrogen-bond acceptors (Lipinski definition) is 7. The van der Waals surface area contributed by atoms with Crippen LogP contribution in [0, 0.1) is 11.6 Å². The molecule has 0 aliphatic rings. The van der Waals surface area contributed by atoms with Crippen LogP contribution in [0.1, 0.15) is 12.3 Å². The molecule has 0 aliphatic carbocycles. The molecule has 0 saturated heterocycles. The molecule has 0 unspecified atom stereocenters. The highest BCUT2D eigenvalue weighted by Crippen LogP contribution is 2.33. The summed E-state index contributed by atoms with van der Waals surface area (Å²) in [4.78, 5) is 20.8. The SMILES string of the molecule is COc1ccc(-c2csc(NC(=O)CCc3ncc(-c4c(F)cccc4F)o3)n2)cc1OC. The molecular weight excluding hydrogens is 452 g/mol. The number of methoxy groups -OCH3 is 2. The van der Waals surface area contributed by atoms with Crippen molar-refractivity contribution in [3.8, 4) is 34.1 Å². The van der Waals surface area contributed by atoms with Gasteiger partial charge in [0.15, 0.2) is 28.3 Å². The minimum atomic E-state index is -0.746. The summed E-state index contributed by atoms with van der Waals surface area (Å²) < 4.78 is 43.8. The van der Waals surface area contributed by atoms with Gasteiger partial charge in [0.2, 0.25) is 5.91 Å². The van der Waals surface area contributed by atoms with Gasteiger partial charge in [-0.1, -0.05) is 6.07 Å². The minimum absolute atomic E-state index is 0.0273. The van der Waals surface area contributed by atoms with Crippen LogP contribution in [0.2, 0.25) is 0 Å². The Kier molecular flexibility index (Phi) is 6.64. The van der Waals surface area contributed by atoms with E-state index in [1.165, 1.54) is 23.6 Å². The number of benzene rings is 2. The molecule has 0 atom stereocenters. The first kappa shape index (κ1) is 22.4. The van der Waals surface area contributed by atoms with Crippen molar-refractivity contribution in [2.45, 2.75) is 12.8 Å². The van der Waals surface area contributed by atoms with Crippen molar-refractivity contribution in [3.05, 3.63) is 65.5 Å². The molecule has 2 aromatic heterocycles. The average Bonchev–Trinajstić information content (AvgIpc) is 3.47. The summed E-state index contributed by atoms with van der Waals surface area (Å²) in [6, 6.07) is 8.98. The van der Waals surface area contributed by atoms with E-state index in [0.717, 1.165) is 17.7 Å². The number of anilines is 1. The van der Waals surface area contributed by atoms with Crippen molar-refractivity contribution in [3.63, 3.8) is 0 Å². The zero-order valence-electron chi connectivity index (χ0n) is 17.7. The van der Waals surface area contributed by atoms with E-state index >= 15 is 0 Å². The highest BCUT2D eigenvalue weighted by Gasteiger charge is 2.17. The van der Waals surface area contributed by atoms with Crippen LogP contribution in [0.25, 0.3) is 22.6 Å². The molecule has 7 nitrogen and oxygen atoms in total. The molecule has 0 spiro atoms. The lowest BCUT2D eigenvalue weighted by Crippen LogP contribution is -2.12. The maximum atomic E-state index is 13.9. The second-order valence-electron chi connectivity index (χ2n) is 6.87. The lowest BCUT2D eigenvalue weighted by molar-refractivity contribution is -0.116. The monoisotopic (exact) mass is 471 g/mol. The Morgan fingerprint density at radius 3 is 2.61 bits per heavy atom. The third kappa shape index (κ3) is 5.01. The molecule has 0 saturated carbocycles. The second-order valence-corrected chi connectivity index (χ2v) is 7.73. The van der Waals surface area contributed by atoms with Gasteiger partial charge in [0.25, 0.3) is 0 Å². The van der Waals surface area contributed by atoms with E-state index in [9.17, 15) is 13.6 Å². The predicted octanol–water partition coefficient (Wildman–Crippen LogP) is 5.33. The summed E-state index contributed by atoms with van der Waals surface area (Å²) in [5.74, 6) is -0.422. The topological polar surface area (TPSA) is 86.5 Å². The van der Waals surface area contributed by atoms with E-state index < -0.39 is 11.6 Å². The molecule has 0 bridgehead atoms. The van der Waals surface area contributed by atoms with E-state index in [1.54, 1.807) is 26.4 Å². The first-order chi connectivity index (χ1) is 16.0. The van der Waals surface area contributed by atoms with Gasteiger partial charge in [-0.05, 0) is 30.3 Å². The Bertz CT molecular complexity index is 1270. The van der Waals surface area contributed by atoms with Crippen LogP contribution in [0.5, 0.6) is 11.5 Å². The standard InChI is InChI=1S/C23H19F2N3O4S/c1-30-17-7-6-13(10-18(17)31-2)16-12-33-23(27-16)28-20(29)8-9-21-26-11-19(32-21)22-14(24)4-3-5-15(22)25/h3-7,10-12H,8-9H2,1-2H3,(H,27,28,29). The molecule has 10 heteroatoms. The molecule has 2 aromatic carbocycles. The molecule has 2 heterocycles. The van der Waals surface area contributed by atoms with Gasteiger partial charge in [-0.2, -0.15) is 0 Å². The molecule has 1 amide bonds. The van der Waals surface area contributed by atoms with E-state index in [2.05, 4.69) is 15.3 Å². The molecule has 0 aliphatic heterocycles. The number of nitrogens with one attached hydrogen (secondary N) is 1. The average molecular weight is 471 g/mol. The van der Waals surface area contributed by atoms with Gasteiger partial charge in [-0.25, -0.2) is 18.7 Å². The largest absolute Gasteiger partial charge is 0.493 e. The minimum Gasteiger partial charge on any atom is -0.493 e. The lowest BCUT2D eigenvalue weighted by Gasteiger charge is -2.08. The van der Waals surface area contributed by atoms with E-state index in [1.807, 2.05) is 11.4 Å². The Hall–Kier alpha value is -3.79. The molecule has 170 valence electrons. The number of rotatable bonds is 8. The quantitative estimate of drug-likeness (QED) is 0.374. The smallest absolute Gasteiger partial charge is 0.226 e. The number of hydrogen-bond donors (Lipinski definition) is 1. The third-order valence-electron chi connectivity index (χ3n) is 4.76. The van der Waals surface area contributed by atoms with E-state index in [4.69, 9.17) is 13.9 Å². The van der Waals surface area contributed by atoms with Crippen LogP contribution >= 0.6 is 11.3 Å². The number of oxazole rings is 1. The van der Waals surface area contributed by atoms with Gasteiger partial charge in [0, 0.05) is 23.8 Å². The van der Waals surface area contributed by atoms with Gasteiger partial charge >= 0.3 is 0 Å². The molecule has 4 aromatic rings. The molecule has 4 rings (SSSR count). The van der Waals surface area contributed by atoms with Crippen LogP contribution in [-0.2, 0) is 11.2 Å². The van der Waals surface area contributed by atoms with Gasteiger partial charge in [-0.15, -0.1) is 11.3 Å². The summed E-state index contributed by atoms with van der Waals surface area (Å²) in [5, 5.41) is 4.99. The van der Waals surface area contributed by atoms with Gasteiger partial charge in [0.1, 0.15) is 11.6 Å². The highest BCUT2D eigenvalue weighted by molar-refractivity contribution is 7.14. The zero-order valence-corrected chi connectivity index (χ0v) is 18.5. The van der Waals surface area contributed by atoms with Crippen LogP contribution in [-0.4, -0.2) is 30.1 Å². The molecule has 1 N–H and O–H groups in total. The molecule has 0 fully saturated rings. The van der Waals surface area contributed by atoms with E-state index in [-0.39, 0.29) is 36.0 Å². The van der Waals surface area contributed by atoms with Crippen molar-refractivity contribution in [1.82, 2.24) is 9.97 Å². The Balaban J connectivity index is 1.37. The number of carbonyl (C=O) groups is 1. The molecule has 0 radical (unpaired) electrons. The number of amides is 1. The summed E-state index contributed by atoms with van der Waals surface area (Å²) in [7, 11) is 3.11. The third-order valence-corrected chi connectivity index (χ3v) is 5.52. The maximum absolute atomic E-state index is 13.9. The van der Waals surface area contributed by atoms with Crippen LogP contribution in [0.4, 0.5) is 13.9 Å². The van der Waals surface area contributed by atoms with Gasteiger partial charge < -0.3 is 19.2 Å². The summed E-state index contributed by atoms with van der Waals surface area (Å²) in [5.41, 5.74) is 1.21. The second kappa shape index (κ2) is 9.78.